The number of likely N-dealkylation sites (N-methyl/N-ethyl adjacent to an activating group) is 1. The van der Waals surface area contributed by atoms with Crippen molar-refractivity contribution in [3.8, 4) is 0 Å². The van der Waals surface area contributed by atoms with Gasteiger partial charge in [-0.2, -0.15) is 8.42 Å². The molecule has 0 saturated heterocycles. The van der Waals surface area contributed by atoms with Gasteiger partial charge in [-0.05, 0) is 20.9 Å². The van der Waals surface area contributed by atoms with E-state index in [1.807, 2.05) is 0 Å². The average molecular weight is 211 g/mol. The van der Waals surface area contributed by atoms with Gasteiger partial charge in [0.15, 0.2) is 0 Å². The zero-order chi connectivity index (χ0) is 10.7. The second-order valence-electron chi connectivity index (χ2n) is 3.68. The monoisotopic (exact) mass is 211 g/mol. The first-order valence-corrected chi connectivity index (χ1v) is 5.57. The zero-order valence-electron chi connectivity index (χ0n) is 8.19. The molecule has 0 amide bonds. The maximum atomic E-state index is 10.4. The van der Waals surface area contributed by atoms with Crippen molar-refractivity contribution in [1.82, 2.24) is 4.90 Å². The molecule has 0 radical (unpaired) electrons. The lowest BCUT2D eigenvalue weighted by Gasteiger charge is -2.33. The van der Waals surface area contributed by atoms with E-state index in [-0.39, 0.29) is 18.9 Å². The molecule has 0 atom stereocenters. The van der Waals surface area contributed by atoms with Crippen LogP contribution in [-0.4, -0.2) is 54.5 Å². The van der Waals surface area contributed by atoms with Crippen molar-refractivity contribution >= 4 is 10.1 Å². The van der Waals surface area contributed by atoms with E-state index < -0.39 is 15.7 Å². The van der Waals surface area contributed by atoms with Crippen LogP contribution in [0.15, 0.2) is 0 Å². The lowest BCUT2D eigenvalue weighted by molar-refractivity contribution is 0.0838. The maximum Gasteiger partial charge on any atom is 0.266 e. The van der Waals surface area contributed by atoms with Gasteiger partial charge in [-0.25, -0.2) is 0 Å². The van der Waals surface area contributed by atoms with Crippen LogP contribution in [0.5, 0.6) is 0 Å². The van der Waals surface area contributed by atoms with E-state index in [4.69, 9.17) is 9.66 Å². The molecule has 0 saturated carbocycles. The fraction of sp³-hybridized carbons (Fsp3) is 1.00. The van der Waals surface area contributed by atoms with Crippen LogP contribution in [0.1, 0.15) is 13.8 Å². The van der Waals surface area contributed by atoms with E-state index in [0.717, 1.165) is 0 Å². The van der Waals surface area contributed by atoms with Crippen molar-refractivity contribution in [2.24, 2.45) is 0 Å². The lowest BCUT2D eigenvalue weighted by atomic mass is 10.1. The van der Waals surface area contributed by atoms with Crippen LogP contribution in [0.25, 0.3) is 0 Å². The van der Waals surface area contributed by atoms with E-state index in [9.17, 15) is 8.42 Å². The van der Waals surface area contributed by atoms with Gasteiger partial charge in [-0.1, -0.05) is 0 Å². The molecule has 13 heavy (non-hydrogen) atoms. The van der Waals surface area contributed by atoms with Crippen molar-refractivity contribution in [3.05, 3.63) is 0 Å². The topological polar surface area (TPSA) is 77.8 Å². The predicted octanol–water partition coefficient (Wildman–Crippen LogP) is -0.423. The molecule has 80 valence electrons. The van der Waals surface area contributed by atoms with Crippen LogP contribution in [-0.2, 0) is 10.1 Å². The first kappa shape index (κ1) is 12.8. The fourth-order valence-corrected chi connectivity index (χ4v) is 1.18. The molecule has 2 N–H and O–H groups in total. The Morgan fingerprint density at radius 2 is 1.85 bits per heavy atom. The van der Waals surface area contributed by atoms with Crippen molar-refractivity contribution in [2.45, 2.75) is 19.4 Å². The molecule has 5 nitrogen and oxygen atoms in total. The summed E-state index contributed by atoms with van der Waals surface area (Å²) in [5.74, 6) is -0.313. The smallest absolute Gasteiger partial charge is 0.266 e. The quantitative estimate of drug-likeness (QED) is 0.604. The SMILES string of the molecule is CN(CCS(=O)(=O)O)C(C)(C)CO. The fourth-order valence-electron chi connectivity index (χ4n) is 0.676. The largest absolute Gasteiger partial charge is 0.394 e. The summed E-state index contributed by atoms with van der Waals surface area (Å²) in [4.78, 5) is 1.68. The van der Waals surface area contributed by atoms with E-state index in [1.165, 1.54) is 0 Å². The van der Waals surface area contributed by atoms with E-state index in [2.05, 4.69) is 0 Å². The Balaban J connectivity index is 4.10. The van der Waals surface area contributed by atoms with Gasteiger partial charge in [0.05, 0.1) is 12.4 Å². The molecule has 0 aliphatic heterocycles. The summed E-state index contributed by atoms with van der Waals surface area (Å²) < 4.78 is 29.3. The Morgan fingerprint density at radius 1 is 1.38 bits per heavy atom. The molecule has 0 unspecified atom stereocenters. The third-order valence-electron chi connectivity index (χ3n) is 2.10. The van der Waals surface area contributed by atoms with Gasteiger partial charge in [0.2, 0.25) is 0 Å². The summed E-state index contributed by atoms with van der Waals surface area (Å²) in [6.07, 6.45) is 0. The number of aliphatic hydroxyl groups excluding tert-OH is 1. The van der Waals surface area contributed by atoms with Crippen LogP contribution >= 0.6 is 0 Å². The average Bonchev–Trinajstić information content (AvgIpc) is 1.98. The number of nitrogens with zero attached hydrogens (tertiary/aromatic N) is 1. The van der Waals surface area contributed by atoms with Gasteiger partial charge in [0, 0.05) is 12.1 Å². The van der Waals surface area contributed by atoms with Crippen LogP contribution < -0.4 is 0 Å². The Bertz CT molecular complexity index is 247. The summed E-state index contributed by atoms with van der Waals surface area (Å²) in [5, 5.41) is 8.94. The number of rotatable bonds is 5. The first-order chi connectivity index (χ1) is 5.69. The van der Waals surface area contributed by atoms with E-state index >= 15 is 0 Å². The number of hydrogen-bond acceptors (Lipinski definition) is 4. The summed E-state index contributed by atoms with van der Waals surface area (Å²) in [5.41, 5.74) is -0.468. The highest BCUT2D eigenvalue weighted by Crippen LogP contribution is 2.10. The third kappa shape index (κ3) is 5.20. The molecule has 0 fully saturated rings. The minimum atomic E-state index is -3.91. The van der Waals surface area contributed by atoms with Crippen molar-refractivity contribution in [2.75, 3.05) is 26.0 Å². The predicted molar refractivity (Wildman–Crippen MR) is 50.2 cm³/mol. The first-order valence-electron chi connectivity index (χ1n) is 3.96. The highest BCUT2D eigenvalue weighted by Gasteiger charge is 2.23. The normalized spacial score (nSPS) is 13.7. The maximum absolute atomic E-state index is 10.4. The van der Waals surface area contributed by atoms with Gasteiger partial charge in [0.25, 0.3) is 10.1 Å². The Hall–Kier alpha value is -0.170. The minimum Gasteiger partial charge on any atom is -0.394 e. The second-order valence-corrected chi connectivity index (χ2v) is 5.25. The van der Waals surface area contributed by atoms with Crippen LogP contribution in [0.2, 0.25) is 0 Å². The van der Waals surface area contributed by atoms with E-state index in [1.54, 1.807) is 25.8 Å². The summed E-state index contributed by atoms with van der Waals surface area (Å²) in [7, 11) is -2.22. The molecule has 0 aromatic rings. The van der Waals surface area contributed by atoms with E-state index in [0.29, 0.717) is 0 Å². The van der Waals surface area contributed by atoms with Crippen molar-refractivity contribution < 1.29 is 18.1 Å². The Kier molecular flexibility index (Phi) is 4.31. The molecule has 0 aliphatic carbocycles. The highest BCUT2D eigenvalue weighted by molar-refractivity contribution is 7.85. The van der Waals surface area contributed by atoms with Gasteiger partial charge in [-0.15, -0.1) is 0 Å². The number of aliphatic hydroxyl groups is 1. The van der Waals surface area contributed by atoms with Crippen LogP contribution in [0.3, 0.4) is 0 Å². The summed E-state index contributed by atoms with van der Waals surface area (Å²) >= 11 is 0. The van der Waals surface area contributed by atoms with Gasteiger partial charge in [-0.3, -0.25) is 9.45 Å². The van der Waals surface area contributed by atoms with Gasteiger partial charge >= 0.3 is 0 Å². The second kappa shape index (κ2) is 4.36. The van der Waals surface area contributed by atoms with Crippen molar-refractivity contribution in [3.63, 3.8) is 0 Å². The molecule has 0 heterocycles. The zero-order valence-corrected chi connectivity index (χ0v) is 9.00. The Morgan fingerprint density at radius 3 is 2.15 bits per heavy atom. The van der Waals surface area contributed by atoms with Crippen LogP contribution in [0.4, 0.5) is 0 Å². The summed E-state index contributed by atoms with van der Waals surface area (Å²) in [6, 6.07) is 0. The molecule has 0 aromatic heterocycles. The van der Waals surface area contributed by atoms with Crippen molar-refractivity contribution in [1.29, 1.82) is 0 Å². The highest BCUT2D eigenvalue weighted by atomic mass is 32.2. The third-order valence-corrected chi connectivity index (χ3v) is 2.80. The van der Waals surface area contributed by atoms with Gasteiger partial charge < -0.3 is 5.11 Å². The minimum absolute atomic E-state index is 0.0605. The molecule has 6 heteroatoms. The Labute approximate surface area is 79.1 Å². The molecule has 0 rings (SSSR count). The molecule has 0 aromatic carbocycles. The molecular weight excluding hydrogens is 194 g/mol. The number of hydrogen-bond donors (Lipinski definition) is 2. The standard InChI is InChI=1S/C7H17NO4S/c1-7(2,6-9)8(3)4-5-13(10,11)12/h9H,4-6H2,1-3H3,(H,10,11,12). The molecule has 0 aliphatic rings. The lowest BCUT2D eigenvalue weighted by Crippen LogP contribution is -2.46. The molecular formula is C7H17NO4S. The van der Waals surface area contributed by atoms with Crippen LogP contribution in [0, 0.1) is 0 Å². The van der Waals surface area contributed by atoms with Gasteiger partial charge in [0.1, 0.15) is 0 Å². The summed E-state index contributed by atoms with van der Waals surface area (Å²) in [6.45, 7) is 3.72. The molecule has 0 bridgehead atoms. The molecule has 0 spiro atoms.